The fraction of sp³-hybridized carbons (Fsp3) is 0.467. The normalized spacial score (nSPS) is 14.9. The molecule has 0 aliphatic rings. The van der Waals surface area contributed by atoms with Crippen molar-refractivity contribution in [3.63, 3.8) is 0 Å². The molecule has 0 aliphatic heterocycles. The average Bonchev–Trinajstić information content (AvgIpc) is 3.08. The molecule has 204 valence electrons. The van der Waals surface area contributed by atoms with Crippen molar-refractivity contribution in [2.45, 2.75) is 41.7 Å². The molecule has 0 atom stereocenters. The lowest BCUT2D eigenvalue weighted by Crippen LogP contribution is -2.72. The summed E-state index contributed by atoms with van der Waals surface area (Å²) < 4.78 is 202. The second-order valence-electron chi connectivity index (χ2n) is 6.62. The van der Waals surface area contributed by atoms with Crippen LogP contribution in [0.5, 0.6) is 0 Å². The van der Waals surface area contributed by atoms with E-state index in [9.17, 15) is 70.7 Å². The third-order valence-corrected chi connectivity index (χ3v) is 4.82. The first-order valence-electron chi connectivity index (χ1n) is 8.18. The Morgan fingerprint density at radius 2 is 1.14 bits per heavy atom. The number of rotatable bonds is 7. The zero-order valence-electron chi connectivity index (χ0n) is 15.9. The molecule has 1 heterocycles. The molecule has 0 N–H and O–H groups in total. The van der Waals surface area contributed by atoms with Crippen molar-refractivity contribution < 1.29 is 70.3 Å². The smallest absolute Gasteiger partial charge is 0.385 e. The number of halogens is 17. The monoisotopic (exact) mass is 598 g/mol. The molecule has 0 spiro atoms. The van der Waals surface area contributed by atoms with Crippen LogP contribution in [0, 0.1) is 0 Å². The standard InChI is InChI=1S/C15H3Cl2F15N2O2/c16-4-1-2-6(5(17)3-4)34-8(35)36-7(33-34)9(18,19)10(20,21)11(22,23)12(24,25)13(26,27)14(28,29)15(30,31)32/h1-3H. The van der Waals surface area contributed by atoms with Crippen LogP contribution < -0.4 is 5.76 Å². The van der Waals surface area contributed by atoms with Crippen LogP contribution in [0.3, 0.4) is 0 Å². The minimum absolute atomic E-state index is 0.171. The molecule has 0 fully saturated rings. The molecule has 2 rings (SSSR count). The summed E-state index contributed by atoms with van der Waals surface area (Å²) in [5.41, 5.74) is -0.811. The third-order valence-electron chi connectivity index (χ3n) is 4.28. The van der Waals surface area contributed by atoms with Gasteiger partial charge in [0.2, 0.25) is 0 Å². The average molecular weight is 599 g/mol. The molecule has 2 aromatic rings. The second-order valence-corrected chi connectivity index (χ2v) is 7.47. The van der Waals surface area contributed by atoms with E-state index in [0.29, 0.717) is 6.07 Å². The highest BCUT2D eigenvalue weighted by molar-refractivity contribution is 6.35. The Bertz CT molecular complexity index is 1200. The fourth-order valence-electron chi connectivity index (χ4n) is 2.31. The lowest BCUT2D eigenvalue weighted by molar-refractivity contribution is -0.454. The van der Waals surface area contributed by atoms with Gasteiger partial charge in [0.1, 0.15) is 0 Å². The lowest BCUT2D eigenvalue weighted by atomic mass is 9.91. The predicted octanol–water partition coefficient (Wildman–Crippen LogP) is 6.96. The Kier molecular flexibility index (Phi) is 6.94. The van der Waals surface area contributed by atoms with E-state index in [-0.39, 0.29) is 5.02 Å². The van der Waals surface area contributed by atoms with Gasteiger partial charge in [-0.3, -0.25) is 0 Å². The van der Waals surface area contributed by atoms with Crippen LogP contribution in [0.15, 0.2) is 27.4 Å². The number of hydrogen-bond donors (Lipinski definition) is 0. The van der Waals surface area contributed by atoms with Gasteiger partial charge in [-0.25, -0.2) is 4.79 Å². The summed E-state index contributed by atoms with van der Waals surface area (Å²) in [6, 6.07) is 2.37. The maximum absolute atomic E-state index is 14.2. The summed E-state index contributed by atoms with van der Waals surface area (Å²) in [5, 5.41) is 1.52. The van der Waals surface area contributed by atoms with E-state index >= 15 is 0 Å². The van der Waals surface area contributed by atoms with Gasteiger partial charge in [0.05, 0.1) is 10.7 Å². The molecular weight excluding hydrogens is 596 g/mol. The zero-order valence-corrected chi connectivity index (χ0v) is 17.4. The number of nitrogens with zero attached hydrogens (tertiary/aromatic N) is 2. The summed E-state index contributed by atoms with van der Waals surface area (Å²) in [6.45, 7) is 0. The Balaban J connectivity index is 2.67. The van der Waals surface area contributed by atoms with E-state index < -0.39 is 68.8 Å². The molecule has 0 saturated heterocycles. The SMILES string of the molecule is O=c1oc(C(F)(F)C(F)(F)C(F)(F)C(F)(F)C(F)(F)C(F)(F)C(F)(F)F)nn1-c1ccc(Cl)cc1Cl. The van der Waals surface area contributed by atoms with Crippen molar-refractivity contribution in [3.8, 4) is 5.69 Å². The van der Waals surface area contributed by atoms with Gasteiger partial charge in [-0.15, -0.1) is 5.10 Å². The van der Waals surface area contributed by atoms with E-state index in [1.807, 2.05) is 0 Å². The van der Waals surface area contributed by atoms with Gasteiger partial charge in [-0.2, -0.15) is 70.5 Å². The minimum Gasteiger partial charge on any atom is -0.385 e. The first kappa shape index (κ1) is 29.9. The molecule has 0 radical (unpaired) electrons. The number of aromatic nitrogens is 2. The number of benzene rings is 1. The minimum atomic E-state index is -8.49. The predicted molar refractivity (Wildman–Crippen MR) is 86.8 cm³/mol. The summed E-state index contributed by atoms with van der Waals surface area (Å²) in [6.07, 6.45) is -7.72. The number of hydrogen-bond acceptors (Lipinski definition) is 3. The van der Waals surface area contributed by atoms with Crippen molar-refractivity contribution in [2.24, 2.45) is 0 Å². The summed E-state index contributed by atoms with van der Waals surface area (Å²) in [5.74, 6) is -53.7. The fourth-order valence-corrected chi connectivity index (χ4v) is 2.80. The largest absolute Gasteiger partial charge is 0.460 e. The molecule has 0 amide bonds. The van der Waals surface area contributed by atoms with Crippen LogP contribution in [0.25, 0.3) is 5.69 Å². The quantitative estimate of drug-likeness (QED) is 0.324. The van der Waals surface area contributed by atoms with Crippen molar-refractivity contribution in [3.05, 3.63) is 44.7 Å². The van der Waals surface area contributed by atoms with Crippen LogP contribution >= 0.6 is 23.2 Å². The summed E-state index contributed by atoms with van der Waals surface area (Å²) in [4.78, 5) is 11.7. The second kappa shape index (κ2) is 8.35. The van der Waals surface area contributed by atoms with E-state index in [2.05, 4.69) is 9.52 Å². The van der Waals surface area contributed by atoms with E-state index in [4.69, 9.17) is 23.2 Å². The number of alkyl halides is 15. The van der Waals surface area contributed by atoms with Gasteiger partial charge >= 0.3 is 47.5 Å². The maximum Gasteiger partial charge on any atom is 0.460 e. The summed E-state index contributed by atoms with van der Waals surface area (Å²) in [7, 11) is 0. The van der Waals surface area contributed by atoms with E-state index in [1.165, 1.54) is 0 Å². The molecule has 1 aromatic heterocycles. The summed E-state index contributed by atoms with van der Waals surface area (Å²) >= 11 is 11.1. The highest BCUT2D eigenvalue weighted by atomic mass is 35.5. The van der Waals surface area contributed by atoms with Crippen LogP contribution in [0.2, 0.25) is 10.0 Å². The molecular formula is C15H3Cl2F15N2O2. The van der Waals surface area contributed by atoms with Crippen LogP contribution in [-0.4, -0.2) is 45.6 Å². The van der Waals surface area contributed by atoms with Gasteiger partial charge in [0.25, 0.3) is 5.89 Å². The molecule has 0 aliphatic carbocycles. The molecule has 0 saturated carbocycles. The Labute approximate surface area is 196 Å². The van der Waals surface area contributed by atoms with Crippen molar-refractivity contribution in [2.75, 3.05) is 0 Å². The van der Waals surface area contributed by atoms with Crippen LogP contribution in [0.4, 0.5) is 65.9 Å². The first-order valence-corrected chi connectivity index (χ1v) is 8.94. The van der Waals surface area contributed by atoms with Gasteiger partial charge in [0, 0.05) is 5.02 Å². The Hall–Kier alpha value is -2.31. The molecule has 0 unspecified atom stereocenters. The first-order chi connectivity index (χ1) is 15.8. The molecule has 4 nitrogen and oxygen atoms in total. The van der Waals surface area contributed by atoms with Crippen molar-refractivity contribution >= 4 is 23.2 Å². The highest BCUT2D eigenvalue weighted by Gasteiger charge is 2.94. The Morgan fingerprint density at radius 1 is 0.694 bits per heavy atom. The molecule has 21 heteroatoms. The molecule has 0 bridgehead atoms. The van der Waals surface area contributed by atoms with Crippen molar-refractivity contribution in [1.82, 2.24) is 9.78 Å². The highest BCUT2D eigenvalue weighted by Crippen LogP contribution is 2.63. The van der Waals surface area contributed by atoms with E-state index in [1.54, 1.807) is 0 Å². The topological polar surface area (TPSA) is 48.0 Å². The molecule has 36 heavy (non-hydrogen) atoms. The Morgan fingerprint density at radius 3 is 1.58 bits per heavy atom. The van der Waals surface area contributed by atoms with Gasteiger partial charge in [0.15, 0.2) is 0 Å². The lowest BCUT2D eigenvalue weighted by Gasteiger charge is -2.40. The van der Waals surface area contributed by atoms with Crippen molar-refractivity contribution in [1.29, 1.82) is 0 Å². The van der Waals surface area contributed by atoms with Crippen LogP contribution in [0.1, 0.15) is 5.89 Å². The van der Waals surface area contributed by atoms with Gasteiger partial charge in [-0.1, -0.05) is 23.2 Å². The van der Waals surface area contributed by atoms with Gasteiger partial charge < -0.3 is 4.42 Å². The maximum atomic E-state index is 14.2. The van der Waals surface area contributed by atoms with Crippen LogP contribution in [-0.2, 0) is 5.92 Å². The van der Waals surface area contributed by atoms with Gasteiger partial charge in [-0.05, 0) is 18.2 Å². The zero-order chi connectivity index (χ0) is 28.5. The van der Waals surface area contributed by atoms with E-state index in [0.717, 1.165) is 12.1 Å². The third kappa shape index (κ3) is 3.97. The molecule has 1 aromatic carbocycles.